The highest BCUT2D eigenvalue weighted by Crippen LogP contribution is 2.54. The van der Waals surface area contributed by atoms with E-state index in [0.29, 0.717) is 0 Å². The van der Waals surface area contributed by atoms with Crippen LogP contribution >= 0.6 is 0 Å². The van der Waals surface area contributed by atoms with Gasteiger partial charge in [0.15, 0.2) is 0 Å². The van der Waals surface area contributed by atoms with E-state index in [2.05, 4.69) is 0 Å². The van der Waals surface area contributed by atoms with Gasteiger partial charge in [0.1, 0.15) is 0 Å². The number of rotatable bonds is 4. The second-order valence-electron chi connectivity index (χ2n) is 4.16. The molecule has 0 N–H and O–H groups in total. The van der Waals surface area contributed by atoms with Crippen LogP contribution in [-0.2, 0) is 23.9 Å². The van der Waals surface area contributed by atoms with Crippen LogP contribution in [0.4, 0.5) is 61.5 Å². The quantitative estimate of drug-likeness (QED) is 0.576. The van der Waals surface area contributed by atoms with Crippen LogP contribution in [0.1, 0.15) is 0 Å². The van der Waals surface area contributed by atoms with Gasteiger partial charge < -0.3 is 0 Å². The first-order chi connectivity index (χ1) is 11.2. The third-order valence-electron chi connectivity index (χ3n) is 2.33. The van der Waals surface area contributed by atoms with E-state index in [1.54, 1.807) is 3.63 Å². The van der Waals surface area contributed by atoms with Crippen LogP contribution in [-0.4, -0.2) is 51.5 Å². The molecule has 0 aliphatic rings. The summed E-state index contributed by atoms with van der Waals surface area (Å²) in [5.41, 5.74) is 0. The standard InChI is InChI=1S/C6F14O5S2/c7-1(3(9,10)11,4(12,13)14)26(21,22)25-27(23,24)2(8,5(15,16)17)6(18,19)20. The lowest BCUT2D eigenvalue weighted by Crippen LogP contribution is -2.63. The average molecular weight is 482 g/mol. The first kappa shape index (κ1) is 25.9. The molecule has 0 atom stereocenters. The lowest BCUT2D eigenvalue weighted by molar-refractivity contribution is -0.308. The molecule has 5 nitrogen and oxygen atoms in total. The van der Waals surface area contributed by atoms with Gasteiger partial charge in [-0.2, -0.15) is 69.5 Å². The Morgan fingerprint density at radius 2 is 0.556 bits per heavy atom. The van der Waals surface area contributed by atoms with Crippen molar-refractivity contribution in [3.05, 3.63) is 0 Å². The highest BCUT2D eigenvalue weighted by Gasteiger charge is 2.86. The topological polar surface area (TPSA) is 77.5 Å². The SMILES string of the molecule is O=S(=O)(OS(=O)(=O)C(F)(C(F)(F)F)C(F)(F)F)C(F)(C(F)(F)F)C(F)(F)F. The Balaban J connectivity index is 6.81. The minimum Gasteiger partial charge on any atom is -0.203 e. The maximum atomic E-state index is 13.2. The summed E-state index contributed by atoms with van der Waals surface area (Å²) in [5.74, 6) is 0. The van der Waals surface area contributed by atoms with E-state index in [9.17, 15) is 78.3 Å². The third-order valence-corrected chi connectivity index (χ3v) is 6.06. The molecule has 27 heavy (non-hydrogen) atoms. The minimum absolute atomic E-state index is 1.58. The van der Waals surface area contributed by atoms with Gasteiger partial charge in [0.05, 0.1) is 0 Å². The largest absolute Gasteiger partial charge is 0.449 e. The van der Waals surface area contributed by atoms with Crippen molar-refractivity contribution < 1.29 is 81.9 Å². The summed E-state index contributed by atoms with van der Waals surface area (Å²) in [5, 5.41) is -15.7. The molecule has 0 heterocycles. The molecule has 0 aromatic carbocycles. The van der Waals surface area contributed by atoms with E-state index in [1.165, 1.54) is 0 Å². The van der Waals surface area contributed by atoms with Crippen LogP contribution in [0.3, 0.4) is 0 Å². The summed E-state index contributed by atoms with van der Waals surface area (Å²) in [6, 6.07) is 0. The summed E-state index contributed by atoms with van der Waals surface area (Å²) in [6.07, 6.45) is -30.9. The van der Waals surface area contributed by atoms with Crippen LogP contribution < -0.4 is 0 Å². The molecule has 0 rings (SSSR count). The molecule has 0 aliphatic heterocycles. The molecular weight excluding hydrogens is 482 g/mol. The van der Waals surface area contributed by atoms with Crippen LogP contribution in [0.5, 0.6) is 0 Å². The Morgan fingerprint density at radius 3 is 0.667 bits per heavy atom. The zero-order valence-electron chi connectivity index (χ0n) is 11.1. The van der Waals surface area contributed by atoms with Crippen molar-refractivity contribution in [3.8, 4) is 0 Å². The molecule has 0 aliphatic carbocycles. The molecule has 0 saturated carbocycles. The molecule has 164 valence electrons. The van der Waals surface area contributed by atoms with Gasteiger partial charge >= 0.3 is 54.9 Å². The second kappa shape index (κ2) is 6.19. The first-order valence-corrected chi connectivity index (χ1v) is 7.87. The third kappa shape index (κ3) is 3.76. The number of alkyl halides is 14. The monoisotopic (exact) mass is 482 g/mol. The van der Waals surface area contributed by atoms with Crippen LogP contribution in [0.2, 0.25) is 0 Å². The number of halogens is 14. The van der Waals surface area contributed by atoms with Gasteiger partial charge in [-0.05, 0) is 0 Å². The lowest BCUT2D eigenvalue weighted by atomic mass is 10.3. The van der Waals surface area contributed by atoms with Gasteiger partial charge in [-0.3, -0.25) is 0 Å². The van der Waals surface area contributed by atoms with E-state index in [4.69, 9.17) is 0 Å². The molecule has 0 bridgehead atoms. The molecular formula is C6F14O5S2. The Kier molecular flexibility index (Phi) is 5.93. The fourth-order valence-corrected chi connectivity index (χ4v) is 3.93. The van der Waals surface area contributed by atoms with Gasteiger partial charge in [-0.15, -0.1) is 3.63 Å². The van der Waals surface area contributed by atoms with Gasteiger partial charge in [0.2, 0.25) is 0 Å². The molecule has 0 spiro atoms. The van der Waals surface area contributed by atoms with Crippen molar-refractivity contribution in [1.82, 2.24) is 0 Å². The lowest BCUT2D eigenvalue weighted by Gasteiger charge is -2.31. The fourth-order valence-electron chi connectivity index (χ4n) is 1.10. The van der Waals surface area contributed by atoms with Crippen molar-refractivity contribution in [3.63, 3.8) is 0 Å². The molecule has 0 radical (unpaired) electrons. The maximum absolute atomic E-state index is 13.2. The highest BCUT2D eigenvalue weighted by molar-refractivity contribution is 8.01. The van der Waals surface area contributed by atoms with Crippen LogP contribution in [0.25, 0.3) is 0 Å². The van der Waals surface area contributed by atoms with Gasteiger partial charge in [0, 0.05) is 0 Å². The Bertz CT molecular complexity index is 671. The molecule has 0 amide bonds. The summed E-state index contributed by atoms with van der Waals surface area (Å²) in [4.78, 5) is 0. The van der Waals surface area contributed by atoms with Crippen LogP contribution in [0.15, 0.2) is 0 Å². The summed E-state index contributed by atoms with van der Waals surface area (Å²) in [6.45, 7) is 0. The van der Waals surface area contributed by atoms with Crippen molar-refractivity contribution in [2.45, 2.75) is 34.7 Å². The van der Waals surface area contributed by atoms with E-state index in [0.717, 1.165) is 0 Å². The molecule has 0 aromatic rings. The van der Waals surface area contributed by atoms with E-state index < -0.39 is 54.9 Å². The molecule has 0 fully saturated rings. The van der Waals surface area contributed by atoms with Gasteiger partial charge in [-0.1, -0.05) is 0 Å². The van der Waals surface area contributed by atoms with E-state index >= 15 is 0 Å². The van der Waals surface area contributed by atoms with E-state index in [1.807, 2.05) is 0 Å². The van der Waals surface area contributed by atoms with Crippen molar-refractivity contribution in [2.24, 2.45) is 0 Å². The van der Waals surface area contributed by atoms with Gasteiger partial charge in [-0.25, -0.2) is 8.78 Å². The zero-order chi connectivity index (χ0) is 22.7. The van der Waals surface area contributed by atoms with Crippen molar-refractivity contribution >= 4 is 20.2 Å². The second-order valence-corrected chi connectivity index (χ2v) is 7.64. The smallest absolute Gasteiger partial charge is 0.203 e. The molecule has 0 saturated heterocycles. The van der Waals surface area contributed by atoms with Gasteiger partial charge in [0.25, 0.3) is 0 Å². The number of hydrogen-bond donors (Lipinski definition) is 0. The Morgan fingerprint density at radius 1 is 0.407 bits per heavy atom. The predicted molar refractivity (Wildman–Crippen MR) is 50.8 cm³/mol. The normalized spacial score (nSPS) is 16.5. The average Bonchev–Trinajstić information content (AvgIpc) is 2.29. The molecule has 0 unspecified atom stereocenters. The Labute approximate surface area is 138 Å². The maximum Gasteiger partial charge on any atom is 0.449 e. The summed E-state index contributed by atoms with van der Waals surface area (Å²) in [7, 11) is -17.3. The van der Waals surface area contributed by atoms with Crippen LogP contribution in [0, 0.1) is 0 Å². The summed E-state index contributed by atoms with van der Waals surface area (Å²) >= 11 is 0. The van der Waals surface area contributed by atoms with Crippen molar-refractivity contribution in [2.75, 3.05) is 0 Å². The minimum atomic E-state index is -8.64. The zero-order valence-corrected chi connectivity index (χ0v) is 12.8. The van der Waals surface area contributed by atoms with E-state index in [-0.39, 0.29) is 0 Å². The molecule has 21 heteroatoms. The predicted octanol–water partition coefficient (Wildman–Crippen LogP) is 3.24. The molecule has 0 aromatic heterocycles. The highest BCUT2D eigenvalue weighted by atomic mass is 32.3. The first-order valence-electron chi connectivity index (χ1n) is 5.05. The number of hydrogen-bond acceptors (Lipinski definition) is 5. The fraction of sp³-hybridized carbons (Fsp3) is 1.00. The Hall–Kier alpha value is -1.12. The van der Waals surface area contributed by atoms with Crippen molar-refractivity contribution in [1.29, 1.82) is 0 Å². The summed E-state index contributed by atoms with van der Waals surface area (Å²) < 4.78 is 217.